The second-order valence-corrected chi connectivity index (χ2v) is 14.7. The molecule has 1 saturated heterocycles. The Morgan fingerprint density at radius 1 is 0.758 bits per heavy atom. The molecule has 11 rings (SSSR count). The molecule has 0 aliphatic carbocycles. The summed E-state index contributed by atoms with van der Waals surface area (Å²) in [5, 5.41) is 45.0. The predicted molar refractivity (Wildman–Crippen MR) is 211 cm³/mol. The summed E-state index contributed by atoms with van der Waals surface area (Å²) in [6, 6.07) is 27.2. The van der Waals surface area contributed by atoms with Crippen LogP contribution in [0.5, 0.6) is 29.1 Å². The summed E-state index contributed by atoms with van der Waals surface area (Å²) < 4.78 is 37.2. The van der Waals surface area contributed by atoms with Gasteiger partial charge in [0.05, 0.1) is 18.7 Å². The fourth-order valence-corrected chi connectivity index (χ4v) is 7.88. The molecule has 0 bridgehead atoms. The average molecular weight is 835 g/mol. The second-order valence-electron chi connectivity index (χ2n) is 14.7. The highest BCUT2D eigenvalue weighted by molar-refractivity contribution is 5.55. The molecule has 22 nitrogen and oxygen atoms in total. The van der Waals surface area contributed by atoms with Gasteiger partial charge in [-0.3, -0.25) is 9.88 Å². The summed E-state index contributed by atoms with van der Waals surface area (Å²) in [6.07, 6.45) is 6.45. The largest absolute Gasteiger partial charge is 0.476 e. The van der Waals surface area contributed by atoms with Gasteiger partial charge >= 0.3 is 5.88 Å². The average Bonchev–Trinajstić information content (AvgIpc) is 4.16. The summed E-state index contributed by atoms with van der Waals surface area (Å²) in [7, 11) is 0. The molecule has 0 radical (unpaired) electrons. The maximum Gasteiger partial charge on any atom is 0.309 e. The number of rotatable bonds is 14. The van der Waals surface area contributed by atoms with Gasteiger partial charge in [-0.15, -0.1) is 29.7 Å². The minimum Gasteiger partial charge on any atom is -0.476 e. The van der Waals surface area contributed by atoms with E-state index in [-0.39, 0.29) is 25.5 Å². The number of ether oxygens (including phenoxy) is 5. The summed E-state index contributed by atoms with van der Waals surface area (Å²) in [6.45, 7) is 2.21. The Labute approximate surface area is 350 Å². The van der Waals surface area contributed by atoms with Crippen molar-refractivity contribution in [3.05, 3.63) is 120 Å². The number of nitrogens with zero attached hydrogens (tertiary/aromatic N) is 17. The molecule has 310 valence electrons. The van der Waals surface area contributed by atoms with Crippen molar-refractivity contribution in [2.24, 2.45) is 0 Å². The van der Waals surface area contributed by atoms with Crippen LogP contribution in [0.15, 0.2) is 97.3 Å². The molecule has 22 heteroatoms. The van der Waals surface area contributed by atoms with Crippen LogP contribution >= 0.6 is 0 Å². The van der Waals surface area contributed by atoms with E-state index in [9.17, 15) is 0 Å². The van der Waals surface area contributed by atoms with Gasteiger partial charge in [-0.25, -0.2) is 0 Å². The monoisotopic (exact) mass is 834 g/mol. The van der Waals surface area contributed by atoms with Crippen molar-refractivity contribution in [1.29, 1.82) is 0 Å². The lowest BCUT2D eigenvalue weighted by Gasteiger charge is -2.38. The first kappa shape index (κ1) is 37.0. The number of aryl methyl sites for hydroxylation is 1. The van der Waals surface area contributed by atoms with Crippen molar-refractivity contribution in [2.45, 2.75) is 44.4 Å². The van der Waals surface area contributed by atoms with E-state index in [1.807, 2.05) is 42.6 Å². The van der Waals surface area contributed by atoms with Gasteiger partial charge in [-0.1, -0.05) is 46.2 Å². The molecule has 0 N–H and O–H groups in total. The quantitative estimate of drug-likeness (QED) is 0.113. The first-order valence-electron chi connectivity index (χ1n) is 20.0. The zero-order chi connectivity index (χ0) is 41.2. The highest BCUT2D eigenvalue weighted by atomic mass is 16.7. The summed E-state index contributed by atoms with van der Waals surface area (Å²) >= 11 is 0. The van der Waals surface area contributed by atoms with Crippen LogP contribution in [0, 0.1) is 0 Å². The zero-order valence-electron chi connectivity index (χ0n) is 32.9. The van der Waals surface area contributed by atoms with Gasteiger partial charge in [-0.2, -0.15) is 0 Å². The maximum atomic E-state index is 6.85. The Kier molecular flexibility index (Phi) is 9.68. The second kappa shape index (κ2) is 16.2. The van der Waals surface area contributed by atoms with Gasteiger partial charge in [-0.05, 0) is 93.6 Å². The number of likely N-dealkylation sites (tertiary alicyclic amines) is 1. The van der Waals surface area contributed by atoms with Crippen LogP contribution in [-0.4, -0.2) is 113 Å². The standard InChI is InChI=1S/C40H36N17O5/c1-2-8-28(9-3-1)38(30-20-27(21-32-39(30)61-25-60-32)24-59-35-12-10-33-42-47-50-55(33)45-35)53-17-14-29(15-18-53)62-37-13-11-34-43-48-52-57(34)54(37)31-22-36(46-56-40(31)44-49-51-56)58-19-5-7-26-6-4-16-41-23-26/h1-4,6,8-13,16,20-23,29,38H,5,7,14-15,17-19,24-25H2/q+1. The van der Waals surface area contributed by atoms with Gasteiger partial charge in [0.2, 0.25) is 40.7 Å². The number of tetrazole rings is 3. The first-order chi connectivity index (χ1) is 30.7. The van der Waals surface area contributed by atoms with Crippen molar-refractivity contribution in [3.63, 3.8) is 0 Å². The predicted octanol–water partition coefficient (Wildman–Crippen LogP) is 2.41. The van der Waals surface area contributed by atoms with Gasteiger partial charge in [0.25, 0.3) is 0 Å². The van der Waals surface area contributed by atoms with E-state index in [0.29, 0.717) is 84.3 Å². The number of pyridine rings is 1. The van der Waals surface area contributed by atoms with Crippen LogP contribution in [-0.2, 0) is 13.0 Å². The topological polar surface area (TPSA) is 221 Å². The summed E-state index contributed by atoms with van der Waals surface area (Å²) in [5.41, 5.74) is 6.03. The molecular weight excluding hydrogens is 799 g/mol. The summed E-state index contributed by atoms with van der Waals surface area (Å²) in [5.74, 6) is 2.59. The SMILES string of the molecule is c1ccc(C(c2cc(COc3ccc4nnnn4n3)cc3c2OCO3)N2CCC(Oc3ccc4nnnn4[n+]3-c3cc(OCCCc4cccnc4)nn4nnnc34)CC2)cc1. The molecule has 9 aromatic rings. The molecule has 1 fully saturated rings. The molecular formula is C40H36N17O5+. The fraction of sp³-hybridized carbons (Fsp3) is 0.275. The van der Waals surface area contributed by atoms with Crippen molar-refractivity contribution < 1.29 is 28.4 Å². The van der Waals surface area contributed by atoms with Gasteiger partial charge < -0.3 is 23.7 Å². The molecule has 0 saturated carbocycles. The molecule has 7 aromatic heterocycles. The number of aromatic nitrogens is 16. The lowest BCUT2D eigenvalue weighted by molar-refractivity contribution is -0.682. The van der Waals surface area contributed by atoms with E-state index in [1.54, 1.807) is 33.7 Å². The number of hydrogen-bond donors (Lipinski definition) is 0. The van der Waals surface area contributed by atoms with Crippen LogP contribution in [0.3, 0.4) is 0 Å². The smallest absolute Gasteiger partial charge is 0.309 e. The Balaban J connectivity index is 0.848. The molecule has 1 atom stereocenters. The van der Waals surface area contributed by atoms with Gasteiger partial charge in [0.1, 0.15) is 17.9 Å². The first-order valence-corrected chi connectivity index (χ1v) is 20.0. The molecule has 1 unspecified atom stereocenters. The maximum absolute atomic E-state index is 6.85. The number of benzene rings is 2. The Bertz CT molecular complexity index is 2990. The highest BCUT2D eigenvalue weighted by Crippen LogP contribution is 2.44. The fourth-order valence-electron chi connectivity index (χ4n) is 7.88. The number of fused-ring (bicyclic) bond motifs is 4. The Hall–Kier alpha value is -8.01. The van der Waals surface area contributed by atoms with Crippen LogP contribution in [0.2, 0.25) is 0 Å². The van der Waals surface area contributed by atoms with Crippen LogP contribution < -0.4 is 28.4 Å². The highest BCUT2D eigenvalue weighted by Gasteiger charge is 2.34. The van der Waals surface area contributed by atoms with Crippen molar-refractivity contribution in [2.75, 3.05) is 26.5 Å². The molecule has 0 amide bonds. The zero-order valence-corrected chi connectivity index (χ0v) is 32.9. The van der Waals surface area contributed by atoms with E-state index < -0.39 is 0 Å². The van der Waals surface area contributed by atoms with Gasteiger partial charge in [0.15, 0.2) is 17.1 Å². The van der Waals surface area contributed by atoms with Crippen LogP contribution in [0.25, 0.3) is 22.6 Å². The third kappa shape index (κ3) is 7.31. The Morgan fingerprint density at radius 3 is 2.50 bits per heavy atom. The van der Waals surface area contributed by atoms with E-state index in [1.165, 1.54) is 9.26 Å². The van der Waals surface area contributed by atoms with E-state index >= 15 is 0 Å². The lowest BCUT2D eigenvalue weighted by atomic mass is 9.92. The minimum atomic E-state index is -0.157. The van der Waals surface area contributed by atoms with Gasteiger partial charge in [0, 0.05) is 47.8 Å². The number of hydrogen-bond acceptors (Lipinski definition) is 18. The molecule has 62 heavy (non-hydrogen) atoms. The Morgan fingerprint density at radius 2 is 1.60 bits per heavy atom. The van der Waals surface area contributed by atoms with Crippen molar-refractivity contribution in [3.8, 4) is 34.8 Å². The molecule has 0 spiro atoms. The normalized spacial score (nSPS) is 14.8. The van der Waals surface area contributed by atoms with E-state index in [0.717, 1.165) is 35.1 Å². The van der Waals surface area contributed by atoms with E-state index in [4.69, 9.17) is 23.7 Å². The van der Waals surface area contributed by atoms with Crippen LogP contribution in [0.1, 0.15) is 47.6 Å². The van der Waals surface area contributed by atoms with Crippen molar-refractivity contribution >= 4 is 16.9 Å². The third-order valence-corrected chi connectivity index (χ3v) is 10.7. The molecule has 2 aliphatic rings. The lowest BCUT2D eigenvalue weighted by Crippen LogP contribution is -2.46. The summed E-state index contributed by atoms with van der Waals surface area (Å²) in [4.78, 5) is 6.66. The number of piperidine rings is 1. The minimum absolute atomic E-state index is 0.127. The molecule has 9 heterocycles. The molecule has 2 aromatic carbocycles. The van der Waals surface area contributed by atoms with E-state index in [2.05, 4.69) is 97.0 Å². The molecule has 2 aliphatic heterocycles. The van der Waals surface area contributed by atoms with Crippen molar-refractivity contribution in [1.82, 2.24) is 80.5 Å². The third-order valence-electron chi connectivity index (χ3n) is 10.7. The van der Waals surface area contributed by atoms with Crippen LogP contribution in [0.4, 0.5) is 0 Å².